The fourth-order valence-electron chi connectivity index (χ4n) is 3.35. The Kier molecular flexibility index (Phi) is 3.84. The second-order valence-corrected chi connectivity index (χ2v) is 7.84. The lowest BCUT2D eigenvalue weighted by atomic mass is 10.1. The number of nitrogens with one attached hydrogen (secondary N) is 1. The molecule has 3 amide bonds. The summed E-state index contributed by atoms with van der Waals surface area (Å²) in [5.74, 6) is -0.977. The van der Waals surface area contributed by atoms with Gasteiger partial charge in [0.1, 0.15) is 5.01 Å². The highest BCUT2D eigenvalue weighted by Crippen LogP contribution is 2.37. The van der Waals surface area contributed by atoms with Crippen molar-refractivity contribution in [3.63, 3.8) is 0 Å². The van der Waals surface area contributed by atoms with Gasteiger partial charge in [0, 0.05) is 12.1 Å². The van der Waals surface area contributed by atoms with Crippen molar-refractivity contribution in [2.75, 3.05) is 5.32 Å². The Hall–Kier alpha value is -3.32. The highest BCUT2D eigenvalue weighted by Gasteiger charge is 2.45. The molecule has 3 aromatic rings. The zero-order chi connectivity index (χ0) is 19.3. The molecular formula is C21H15N3O3S. The van der Waals surface area contributed by atoms with Crippen molar-refractivity contribution >= 4 is 51.0 Å². The monoisotopic (exact) mass is 389 g/mol. The molecule has 0 saturated heterocycles. The Labute approximate surface area is 164 Å². The number of rotatable bonds is 4. The largest absolute Gasteiger partial charge is 0.322 e. The Balaban J connectivity index is 1.38. The molecule has 138 valence electrons. The number of imide groups is 1. The molecule has 5 rings (SSSR count). The fraction of sp³-hybridized carbons (Fsp3) is 0.143. The number of hydrogen-bond acceptors (Lipinski definition) is 5. The number of thiazole rings is 1. The van der Waals surface area contributed by atoms with Crippen LogP contribution in [0.25, 0.3) is 16.3 Å². The summed E-state index contributed by atoms with van der Waals surface area (Å²) in [6.07, 6.45) is 4.72. The van der Waals surface area contributed by atoms with Crippen LogP contribution in [0.3, 0.4) is 0 Å². The molecule has 2 aromatic carbocycles. The fourth-order valence-corrected chi connectivity index (χ4v) is 4.22. The van der Waals surface area contributed by atoms with E-state index >= 15 is 0 Å². The summed E-state index contributed by atoms with van der Waals surface area (Å²) in [5.41, 5.74) is 1.88. The van der Waals surface area contributed by atoms with Crippen LogP contribution in [0, 0.1) is 0 Å². The van der Waals surface area contributed by atoms with Crippen LogP contribution in [0.4, 0.5) is 5.69 Å². The van der Waals surface area contributed by atoms with Gasteiger partial charge >= 0.3 is 0 Å². The van der Waals surface area contributed by atoms with E-state index in [2.05, 4.69) is 10.3 Å². The summed E-state index contributed by atoms with van der Waals surface area (Å²) in [6.45, 7) is 0. The smallest absolute Gasteiger partial charge is 0.263 e. The van der Waals surface area contributed by atoms with Crippen molar-refractivity contribution in [2.24, 2.45) is 0 Å². The van der Waals surface area contributed by atoms with Gasteiger partial charge in [-0.2, -0.15) is 0 Å². The molecule has 1 saturated carbocycles. The van der Waals surface area contributed by atoms with Crippen molar-refractivity contribution in [1.29, 1.82) is 0 Å². The summed E-state index contributed by atoms with van der Waals surface area (Å²) < 4.78 is 1.05. The van der Waals surface area contributed by atoms with Crippen molar-refractivity contribution in [2.45, 2.75) is 18.9 Å². The molecule has 0 unspecified atom stereocenters. The van der Waals surface area contributed by atoms with Gasteiger partial charge in [0.15, 0.2) is 0 Å². The summed E-state index contributed by atoms with van der Waals surface area (Å²) in [5, 5.41) is 3.45. The van der Waals surface area contributed by atoms with Gasteiger partial charge in [-0.15, -0.1) is 11.3 Å². The highest BCUT2D eigenvalue weighted by molar-refractivity contribution is 7.19. The minimum absolute atomic E-state index is 0.00474. The normalized spacial score (nSPS) is 16.2. The maximum Gasteiger partial charge on any atom is 0.263 e. The molecule has 0 bridgehead atoms. The van der Waals surface area contributed by atoms with Crippen molar-refractivity contribution in [3.05, 3.63) is 64.7 Å². The van der Waals surface area contributed by atoms with Crippen molar-refractivity contribution < 1.29 is 14.4 Å². The summed E-state index contributed by atoms with van der Waals surface area (Å²) >= 11 is 1.49. The van der Waals surface area contributed by atoms with Crippen LogP contribution in [-0.4, -0.2) is 33.6 Å². The van der Waals surface area contributed by atoms with Crippen LogP contribution < -0.4 is 5.32 Å². The van der Waals surface area contributed by atoms with E-state index in [0.29, 0.717) is 11.3 Å². The number of carbonyl (C=O) groups excluding carboxylic acids is 3. The first-order valence-electron chi connectivity index (χ1n) is 8.97. The van der Waals surface area contributed by atoms with Gasteiger partial charge in [-0.25, -0.2) is 4.98 Å². The standard InChI is InChI=1S/C21H15N3O3S/c25-17(10-11-18-23-14-5-1-2-7-16(14)28-18)22-15-6-3-4-13-19(15)21(27)24(20(13)26)12-8-9-12/h1-7,10-12H,8-9H2,(H,22,25). The van der Waals surface area contributed by atoms with Gasteiger partial charge in [0.25, 0.3) is 11.8 Å². The molecule has 1 fully saturated rings. The number of anilines is 1. The number of benzene rings is 2. The van der Waals surface area contributed by atoms with E-state index in [9.17, 15) is 14.4 Å². The van der Waals surface area contributed by atoms with Crippen LogP contribution in [0.5, 0.6) is 0 Å². The Morgan fingerprint density at radius 2 is 1.93 bits per heavy atom. The van der Waals surface area contributed by atoms with E-state index in [4.69, 9.17) is 0 Å². The maximum absolute atomic E-state index is 12.7. The van der Waals surface area contributed by atoms with Gasteiger partial charge in [-0.3, -0.25) is 19.3 Å². The van der Waals surface area contributed by atoms with Gasteiger partial charge in [-0.1, -0.05) is 18.2 Å². The third-order valence-corrected chi connectivity index (χ3v) is 5.81. The molecular weight excluding hydrogens is 374 g/mol. The molecule has 2 heterocycles. The SMILES string of the molecule is O=C(C=Cc1nc2ccccc2s1)Nc1cccc2c1C(=O)N(C1CC1)C2=O. The Morgan fingerprint density at radius 3 is 2.71 bits per heavy atom. The molecule has 2 aliphatic rings. The van der Waals surface area contributed by atoms with Gasteiger partial charge < -0.3 is 5.32 Å². The quantitative estimate of drug-likeness (QED) is 0.545. The average Bonchev–Trinajstić information content (AvgIpc) is 3.37. The zero-order valence-electron chi connectivity index (χ0n) is 14.7. The molecule has 1 N–H and O–H groups in total. The predicted octanol–water partition coefficient (Wildman–Crippen LogP) is 3.71. The van der Waals surface area contributed by atoms with Crippen LogP contribution >= 0.6 is 11.3 Å². The molecule has 1 aliphatic heterocycles. The first-order valence-corrected chi connectivity index (χ1v) is 9.79. The maximum atomic E-state index is 12.7. The molecule has 1 aliphatic carbocycles. The first-order chi connectivity index (χ1) is 13.6. The lowest BCUT2D eigenvalue weighted by Crippen LogP contribution is -2.31. The molecule has 28 heavy (non-hydrogen) atoms. The number of carbonyl (C=O) groups is 3. The first kappa shape index (κ1) is 16.8. The number of para-hydroxylation sites is 1. The number of hydrogen-bond donors (Lipinski definition) is 1. The Morgan fingerprint density at radius 1 is 1.11 bits per heavy atom. The number of fused-ring (bicyclic) bond motifs is 2. The second-order valence-electron chi connectivity index (χ2n) is 6.78. The highest BCUT2D eigenvalue weighted by atomic mass is 32.1. The van der Waals surface area contributed by atoms with Gasteiger partial charge in [-0.05, 0) is 43.2 Å². The summed E-state index contributed by atoms with van der Waals surface area (Å²) in [4.78, 5) is 43.3. The molecule has 7 heteroatoms. The topological polar surface area (TPSA) is 79.4 Å². The number of nitrogens with zero attached hydrogens (tertiary/aromatic N) is 2. The van der Waals surface area contributed by atoms with Gasteiger partial charge in [0.2, 0.25) is 5.91 Å². The minimum atomic E-state index is -0.377. The lowest BCUT2D eigenvalue weighted by molar-refractivity contribution is -0.111. The van der Waals surface area contributed by atoms with E-state index in [0.717, 1.165) is 28.1 Å². The van der Waals surface area contributed by atoms with E-state index < -0.39 is 0 Å². The summed E-state index contributed by atoms with van der Waals surface area (Å²) in [6, 6.07) is 12.7. The number of amides is 3. The third kappa shape index (κ3) is 2.80. The van der Waals surface area contributed by atoms with Gasteiger partial charge in [0.05, 0.1) is 27.0 Å². The van der Waals surface area contributed by atoms with Crippen LogP contribution in [0.15, 0.2) is 48.5 Å². The summed E-state index contributed by atoms with van der Waals surface area (Å²) in [7, 11) is 0. The molecule has 0 atom stereocenters. The second kappa shape index (κ2) is 6.38. The molecule has 6 nitrogen and oxygen atoms in total. The average molecular weight is 389 g/mol. The Bertz CT molecular complexity index is 1140. The van der Waals surface area contributed by atoms with Crippen molar-refractivity contribution in [3.8, 4) is 0 Å². The predicted molar refractivity (Wildman–Crippen MR) is 107 cm³/mol. The van der Waals surface area contributed by atoms with E-state index in [1.165, 1.54) is 22.3 Å². The van der Waals surface area contributed by atoms with E-state index in [1.807, 2.05) is 24.3 Å². The molecule has 0 spiro atoms. The van der Waals surface area contributed by atoms with Crippen molar-refractivity contribution in [1.82, 2.24) is 9.88 Å². The van der Waals surface area contributed by atoms with Crippen LogP contribution in [-0.2, 0) is 4.79 Å². The van der Waals surface area contributed by atoms with E-state index in [-0.39, 0.29) is 29.3 Å². The van der Waals surface area contributed by atoms with E-state index in [1.54, 1.807) is 24.3 Å². The van der Waals surface area contributed by atoms with Crippen LogP contribution in [0.1, 0.15) is 38.6 Å². The van der Waals surface area contributed by atoms with Crippen LogP contribution in [0.2, 0.25) is 0 Å². The third-order valence-electron chi connectivity index (χ3n) is 4.80. The molecule has 1 aromatic heterocycles. The minimum Gasteiger partial charge on any atom is -0.322 e. The zero-order valence-corrected chi connectivity index (χ0v) is 15.5. The number of aromatic nitrogens is 1. The lowest BCUT2D eigenvalue weighted by Gasteiger charge is -2.12. The molecule has 0 radical (unpaired) electrons.